The average Bonchev–Trinajstić information content (AvgIpc) is 3.11. The fraction of sp³-hybridized carbons (Fsp3) is 0.529. The quantitative estimate of drug-likeness (QED) is 0.844. The highest BCUT2D eigenvalue weighted by molar-refractivity contribution is 7.89. The van der Waals surface area contributed by atoms with Gasteiger partial charge in [0.05, 0.1) is 10.8 Å². The zero-order valence-electron chi connectivity index (χ0n) is 14.2. The van der Waals surface area contributed by atoms with Crippen LogP contribution in [0.4, 0.5) is 4.39 Å². The van der Waals surface area contributed by atoms with Gasteiger partial charge in [-0.3, -0.25) is 4.79 Å². The molecule has 2 fully saturated rings. The number of benzene rings is 1. The Labute approximate surface area is 151 Å². The number of carboxylic acids is 1. The molecule has 2 heterocycles. The number of hydrogen-bond acceptors (Lipinski definition) is 4. The topological polar surface area (TPSA) is 95.0 Å². The van der Waals surface area contributed by atoms with E-state index in [1.165, 1.54) is 21.3 Å². The molecule has 7 nitrogen and oxygen atoms in total. The Morgan fingerprint density at radius 1 is 1.08 bits per heavy atom. The summed E-state index contributed by atoms with van der Waals surface area (Å²) in [6.07, 6.45) is 2.10. The number of rotatable bonds is 4. The molecule has 26 heavy (non-hydrogen) atoms. The Balaban J connectivity index is 1.75. The van der Waals surface area contributed by atoms with E-state index in [-0.39, 0.29) is 23.9 Å². The summed E-state index contributed by atoms with van der Waals surface area (Å²) >= 11 is 0. The van der Waals surface area contributed by atoms with E-state index >= 15 is 0 Å². The lowest BCUT2D eigenvalue weighted by Gasteiger charge is -2.34. The first-order valence-corrected chi connectivity index (χ1v) is 10.0. The van der Waals surface area contributed by atoms with Crippen LogP contribution < -0.4 is 0 Å². The number of amides is 1. The SMILES string of the molecule is O=C(O)[C@H]1CCCN1C(=O)C1CCCN(S(=O)(=O)c2ccc(F)cc2)C1. The van der Waals surface area contributed by atoms with Gasteiger partial charge >= 0.3 is 5.97 Å². The minimum Gasteiger partial charge on any atom is -0.480 e. The summed E-state index contributed by atoms with van der Waals surface area (Å²) in [6, 6.07) is 3.75. The van der Waals surface area contributed by atoms with Gasteiger partial charge < -0.3 is 10.0 Å². The third-order valence-electron chi connectivity index (χ3n) is 5.01. The number of halogens is 1. The number of nitrogens with zero attached hydrogens (tertiary/aromatic N) is 2. The Morgan fingerprint density at radius 2 is 1.73 bits per heavy atom. The van der Waals surface area contributed by atoms with Crippen molar-refractivity contribution in [3.05, 3.63) is 30.1 Å². The number of piperidine rings is 1. The van der Waals surface area contributed by atoms with Gasteiger partial charge in [-0.1, -0.05) is 0 Å². The Morgan fingerprint density at radius 3 is 2.38 bits per heavy atom. The van der Waals surface area contributed by atoms with Gasteiger partial charge in [0.1, 0.15) is 11.9 Å². The van der Waals surface area contributed by atoms with E-state index in [1.54, 1.807) is 0 Å². The van der Waals surface area contributed by atoms with Crippen molar-refractivity contribution in [3.8, 4) is 0 Å². The van der Waals surface area contributed by atoms with Gasteiger partial charge in [-0.05, 0) is 49.9 Å². The monoisotopic (exact) mass is 384 g/mol. The zero-order chi connectivity index (χ0) is 18.9. The number of carbonyl (C=O) groups is 2. The zero-order valence-corrected chi connectivity index (χ0v) is 15.0. The largest absolute Gasteiger partial charge is 0.480 e. The van der Waals surface area contributed by atoms with Gasteiger partial charge in [0.2, 0.25) is 15.9 Å². The number of hydrogen-bond donors (Lipinski definition) is 1. The van der Waals surface area contributed by atoms with E-state index in [9.17, 15) is 27.5 Å². The predicted octanol–water partition coefficient (Wildman–Crippen LogP) is 1.30. The Hall–Kier alpha value is -2.00. The van der Waals surface area contributed by atoms with Crippen molar-refractivity contribution in [2.75, 3.05) is 19.6 Å². The molecule has 0 aliphatic carbocycles. The minimum atomic E-state index is -3.82. The van der Waals surface area contributed by atoms with Crippen LogP contribution >= 0.6 is 0 Å². The van der Waals surface area contributed by atoms with Crippen molar-refractivity contribution < 1.29 is 27.5 Å². The molecule has 2 aliphatic rings. The molecule has 0 bridgehead atoms. The molecule has 0 spiro atoms. The van der Waals surface area contributed by atoms with Gasteiger partial charge in [0, 0.05) is 19.6 Å². The molecule has 1 amide bonds. The lowest BCUT2D eigenvalue weighted by Crippen LogP contribution is -2.49. The van der Waals surface area contributed by atoms with E-state index in [0.29, 0.717) is 32.2 Å². The molecule has 1 aromatic rings. The minimum absolute atomic E-state index is 0.0153. The molecule has 142 valence electrons. The summed E-state index contributed by atoms with van der Waals surface area (Å²) in [5, 5.41) is 9.25. The maximum absolute atomic E-state index is 13.1. The van der Waals surface area contributed by atoms with E-state index in [0.717, 1.165) is 12.1 Å². The summed E-state index contributed by atoms with van der Waals surface area (Å²) in [7, 11) is -3.82. The van der Waals surface area contributed by atoms with Gasteiger partial charge in [-0.25, -0.2) is 17.6 Å². The molecule has 3 rings (SSSR count). The molecule has 1 N–H and O–H groups in total. The summed E-state index contributed by atoms with van der Waals surface area (Å²) in [6.45, 7) is 0.685. The van der Waals surface area contributed by atoms with Crippen molar-refractivity contribution in [1.29, 1.82) is 0 Å². The second kappa shape index (κ2) is 7.32. The van der Waals surface area contributed by atoms with Crippen LogP contribution in [0.2, 0.25) is 0 Å². The summed E-state index contributed by atoms with van der Waals surface area (Å²) < 4.78 is 39.8. The average molecular weight is 384 g/mol. The van der Waals surface area contributed by atoms with Crippen molar-refractivity contribution >= 4 is 21.9 Å². The summed E-state index contributed by atoms with van der Waals surface area (Å²) in [4.78, 5) is 25.4. The van der Waals surface area contributed by atoms with Gasteiger partial charge in [-0.2, -0.15) is 4.31 Å². The van der Waals surface area contributed by atoms with Crippen molar-refractivity contribution in [3.63, 3.8) is 0 Å². The third-order valence-corrected chi connectivity index (χ3v) is 6.89. The highest BCUT2D eigenvalue weighted by Gasteiger charge is 2.40. The summed E-state index contributed by atoms with van der Waals surface area (Å²) in [5.41, 5.74) is 0. The van der Waals surface area contributed by atoms with Crippen LogP contribution in [0.25, 0.3) is 0 Å². The molecule has 1 aromatic carbocycles. The second-order valence-electron chi connectivity index (χ2n) is 6.68. The predicted molar refractivity (Wildman–Crippen MR) is 90.3 cm³/mol. The van der Waals surface area contributed by atoms with Crippen LogP contribution in [0.1, 0.15) is 25.7 Å². The van der Waals surface area contributed by atoms with E-state index in [2.05, 4.69) is 0 Å². The molecule has 1 unspecified atom stereocenters. The third kappa shape index (κ3) is 3.59. The molecule has 0 saturated carbocycles. The molecular weight excluding hydrogens is 363 g/mol. The number of carbonyl (C=O) groups excluding carboxylic acids is 1. The molecule has 0 radical (unpaired) electrons. The van der Waals surface area contributed by atoms with Crippen LogP contribution in [0.15, 0.2) is 29.2 Å². The normalized spacial score (nSPS) is 24.6. The van der Waals surface area contributed by atoms with E-state index < -0.39 is 33.8 Å². The smallest absolute Gasteiger partial charge is 0.326 e. The number of carboxylic acid groups (broad SMARTS) is 1. The first kappa shape index (κ1) is 18.8. The fourth-order valence-corrected chi connectivity index (χ4v) is 5.16. The maximum Gasteiger partial charge on any atom is 0.326 e. The molecular formula is C17H21FN2O5S. The number of aliphatic carboxylic acids is 1. The van der Waals surface area contributed by atoms with Crippen LogP contribution in [0.5, 0.6) is 0 Å². The molecule has 2 saturated heterocycles. The van der Waals surface area contributed by atoms with Crippen molar-refractivity contribution in [2.24, 2.45) is 5.92 Å². The molecule has 2 aliphatic heterocycles. The molecule has 9 heteroatoms. The van der Waals surface area contributed by atoms with Gasteiger partial charge in [-0.15, -0.1) is 0 Å². The maximum atomic E-state index is 13.1. The summed E-state index contributed by atoms with van der Waals surface area (Å²) in [5.74, 6) is -2.40. The van der Waals surface area contributed by atoms with Crippen LogP contribution in [0, 0.1) is 11.7 Å². The van der Waals surface area contributed by atoms with E-state index in [4.69, 9.17) is 0 Å². The van der Waals surface area contributed by atoms with Crippen LogP contribution in [-0.4, -0.2) is 60.3 Å². The molecule has 0 aromatic heterocycles. The van der Waals surface area contributed by atoms with Crippen molar-refractivity contribution in [2.45, 2.75) is 36.6 Å². The number of likely N-dealkylation sites (tertiary alicyclic amines) is 1. The second-order valence-corrected chi connectivity index (χ2v) is 8.62. The highest BCUT2D eigenvalue weighted by atomic mass is 32.2. The van der Waals surface area contributed by atoms with Crippen molar-refractivity contribution in [1.82, 2.24) is 9.21 Å². The Bertz CT molecular complexity index is 796. The lowest BCUT2D eigenvalue weighted by molar-refractivity contribution is -0.150. The standard InChI is InChI=1S/C17H21FN2O5S/c18-13-5-7-14(8-6-13)26(24,25)19-9-1-3-12(11-19)16(21)20-10-2-4-15(20)17(22)23/h5-8,12,15H,1-4,9-11H2,(H,22,23)/t12?,15-/m1/s1. The highest BCUT2D eigenvalue weighted by Crippen LogP contribution is 2.28. The van der Waals surface area contributed by atoms with Gasteiger partial charge in [0.25, 0.3) is 0 Å². The lowest BCUT2D eigenvalue weighted by atomic mass is 9.97. The first-order chi connectivity index (χ1) is 12.3. The first-order valence-electron chi connectivity index (χ1n) is 8.59. The number of sulfonamides is 1. The van der Waals surface area contributed by atoms with Crippen LogP contribution in [-0.2, 0) is 19.6 Å². The molecule has 2 atom stereocenters. The van der Waals surface area contributed by atoms with Crippen LogP contribution in [0.3, 0.4) is 0 Å². The van der Waals surface area contributed by atoms with E-state index in [1.807, 2.05) is 0 Å². The van der Waals surface area contributed by atoms with Gasteiger partial charge in [0.15, 0.2) is 0 Å². The fourth-order valence-electron chi connectivity index (χ4n) is 3.64. The Kier molecular flexibility index (Phi) is 5.29.